The number of benzene rings is 1. The number of piperidine rings is 1. The molecular weight excluding hydrogens is 338 g/mol. The zero-order chi connectivity index (χ0) is 17.8. The normalized spacial score (nSPS) is 17.7. The van der Waals surface area contributed by atoms with Crippen LogP contribution in [0.3, 0.4) is 0 Å². The second-order valence-electron chi connectivity index (χ2n) is 6.52. The van der Waals surface area contributed by atoms with E-state index in [0.29, 0.717) is 18.2 Å². The third kappa shape index (κ3) is 4.05. The van der Waals surface area contributed by atoms with Crippen LogP contribution in [0, 0.1) is 6.92 Å². The van der Waals surface area contributed by atoms with Crippen LogP contribution in [0.4, 0.5) is 0 Å². The number of hydrogen-bond donors (Lipinski definition) is 0. The molecule has 2 aromatic rings. The lowest BCUT2D eigenvalue weighted by atomic mass is 9.96. The number of hydrogen-bond acceptors (Lipinski definition) is 3. The smallest absolute Gasteiger partial charge is 0.254 e. The Labute approximate surface area is 153 Å². The highest BCUT2D eigenvalue weighted by molar-refractivity contribution is 6.30. The average Bonchev–Trinajstić information content (AvgIpc) is 3.08. The molecule has 0 spiro atoms. The van der Waals surface area contributed by atoms with Crippen LogP contribution >= 0.6 is 11.6 Å². The summed E-state index contributed by atoms with van der Waals surface area (Å²) in [7, 11) is 1.70. The number of imidazole rings is 1. The number of nitrogens with zero attached hydrogens (tertiary/aromatic N) is 3. The maximum absolute atomic E-state index is 12.9. The van der Waals surface area contributed by atoms with E-state index in [1.807, 2.05) is 36.4 Å². The summed E-state index contributed by atoms with van der Waals surface area (Å²) in [4.78, 5) is 19.4. The standard InChI is InChI=1S/C19H24ClN3O2/c1-14-12-16(20)5-6-17(14)19(24)23-8-3-4-15(13-23)18-21-7-9-22(18)10-11-25-2/h5-7,9,12,15H,3-4,8,10-11,13H2,1-2H3/t15-/m0/s1. The van der Waals surface area contributed by atoms with Crippen LogP contribution in [-0.2, 0) is 11.3 Å². The van der Waals surface area contributed by atoms with Crippen molar-refractivity contribution in [1.82, 2.24) is 14.5 Å². The van der Waals surface area contributed by atoms with Gasteiger partial charge in [0.1, 0.15) is 5.82 Å². The summed E-state index contributed by atoms with van der Waals surface area (Å²) < 4.78 is 7.31. The molecule has 1 aliphatic rings. The minimum Gasteiger partial charge on any atom is -0.383 e. The van der Waals surface area contributed by atoms with Gasteiger partial charge in [0, 0.05) is 55.6 Å². The van der Waals surface area contributed by atoms with Gasteiger partial charge in [0.25, 0.3) is 5.91 Å². The number of amides is 1. The molecule has 1 aromatic carbocycles. The van der Waals surface area contributed by atoms with Crippen molar-refractivity contribution in [1.29, 1.82) is 0 Å². The number of carbonyl (C=O) groups excluding carboxylic acids is 1. The van der Waals surface area contributed by atoms with Gasteiger partial charge in [-0.1, -0.05) is 11.6 Å². The first-order valence-electron chi connectivity index (χ1n) is 8.65. The highest BCUT2D eigenvalue weighted by Gasteiger charge is 2.28. The zero-order valence-corrected chi connectivity index (χ0v) is 15.5. The summed E-state index contributed by atoms with van der Waals surface area (Å²) in [5.74, 6) is 1.38. The summed E-state index contributed by atoms with van der Waals surface area (Å²) in [6.07, 6.45) is 5.85. The lowest BCUT2D eigenvalue weighted by molar-refractivity contribution is 0.0702. The van der Waals surface area contributed by atoms with E-state index < -0.39 is 0 Å². The predicted molar refractivity (Wildman–Crippen MR) is 98.2 cm³/mol. The molecule has 3 rings (SSSR count). The lowest BCUT2D eigenvalue weighted by Crippen LogP contribution is -2.40. The number of rotatable bonds is 5. The van der Waals surface area contributed by atoms with E-state index in [2.05, 4.69) is 9.55 Å². The van der Waals surface area contributed by atoms with Crippen LogP contribution < -0.4 is 0 Å². The Hall–Kier alpha value is -1.85. The molecule has 0 aliphatic carbocycles. The van der Waals surface area contributed by atoms with Gasteiger partial charge in [0.2, 0.25) is 0 Å². The van der Waals surface area contributed by atoms with Crippen LogP contribution in [0.1, 0.15) is 40.5 Å². The van der Waals surface area contributed by atoms with E-state index in [1.54, 1.807) is 13.2 Å². The van der Waals surface area contributed by atoms with Gasteiger partial charge in [0.05, 0.1) is 6.61 Å². The van der Waals surface area contributed by atoms with Gasteiger partial charge in [-0.05, 0) is 43.5 Å². The summed E-state index contributed by atoms with van der Waals surface area (Å²) in [5.41, 5.74) is 1.65. The van der Waals surface area contributed by atoms with Crippen molar-refractivity contribution in [3.8, 4) is 0 Å². The Bertz CT molecular complexity index is 744. The molecule has 1 amide bonds. The second-order valence-corrected chi connectivity index (χ2v) is 6.96. The maximum atomic E-state index is 12.9. The van der Waals surface area contributed by atoms with E-state index in [0.717, 1.165) is 42.9 Å². The minimum atomic E-state index is 0.0777. The highest BCUT2D eigenvalue weighted by Crippen LogP contribution is 2.27. The molecule has 1 aliphatic heterocycles. The number of ether oxygens (including phenoxy) is 1. The molecule has 1 saturated heterocycles. The fourth-order valence-corrected chi connectivity index (χ4v) is 3.70. The van der Waals surface area contributed by atoms with Crippen LogP contribution in [0.5, 0.6) is 0 Å². The topological polar surface area (TPSA) is 47.4 Å². The SMILES string of the molecule is COCCn1ccnc1[C@H]1CCCN(C(=O)c2ccc(Cl)cc2C)C1. The molecule has 0 unspecified atom stereocenters. The monoisotopic (exact) mass is 361 g/mol. The molecule has 1 aromatic heterocycles. The van der Waals surface area contributed by atoms with Gasteiger partial charge < -0.3 is 14.2 Å². The molecular formula is C19H24ClN3O2. The third-order valence-electron chi connectivity index (χ3n) is 4.78. The maximum Gasteiger partial charge on any atom is 0.254 e. The van der Waals surface area contributed by atoms with Gasteiger partial charge in [-0.15, -0.1) is 0 Å². The number of carbonyl (C=O) groups is 1. The second kappa shape index (κ2) is 8.02. The Balaban J connectivity index is 1.75. The highest BCUT2D eigenvalue weighted by atomic mass is 35.5. The molecule has 25 heavy (non-hydrogen) atoms. The van der Waals surface area contributed by atoms with Crippen molar-refractivity contribution >= 4 is 17.5 Å². The number of halogens is 1. The Morgan fingerprint density at radius 1 is 1.44 bits per heavy atom. The first-order chi connectivity index (χ1) is 12.1. The van der Waals surface area contributed by atoms with Gasteiger partial charge in [-0.2, -0.15) is 0 Å². The molecule has 6 heteroatoms. The Morgan fingerprint density at radius 2 is 2.28 bits per heavy atom. The molecule has 0 N–H and O–H groups in total. The fourth-order valence-electron chi connectivity index (χ4n) is 3.47. The van der Waals surface area contributed by atoms with Crippen molar-refractivity contribution in [3.63, 3.8) is 0 Å². The van der Waals surface area contributed by atoms with Gasteiger partial charge >= 0.3 is 0 Å². The number of aryl methyl sites for hydroxylation is 1. The van der Waals surface area contributed by atoms with E-state index in [1.165, 1.54) is 0 Å². The van der Waals surface area contributed by atoms with Gasteiger partial charge in [0.15, 0.2) is 0 Å². The van der Waals surface area contributed by atoms with Crippen LogP contribution in [0.2, 0.25) is 5.02 Å². The summed E-state index contributed by atoms with van der Waals surface area (Å²) in [6, 6.07) is 5.44. The van der Waals surface area contributed by atoms with Gasteiger partial charge in [-0.3, -0.25) is 4.79 Å². The summed E-state index contributed by atoms with van der Waals surface area (Å²) >= 11 is 6.01. The molecule has 0 bridgehead atoms. The summed E-state index contributed by atoms with van der Waals surface area (Å²) in [6.45, 7) is 4.86. The van der Waals surface area contributed by atoms with Crippen molar-refractivity contribution in [2.45, 2.75) is 32.2 Å². The van der Waals surface area contributed by atoms with Crippen molar-refractivity contribution in [3.05, 3.63) is 52.6 Å². The molecule has 5 nitrogen and oxygen atoms in total. The Kier molecular flexibility index (Phi) is 5.76. The Morgan fingerprint density at radius 3 is 3.04 bits per heavy atom. The number of aromatic nitrogens is 2. The zero-order valence-electron chi connectivity index (χ0n) is 14.7. The number of methoxy groups -OCH3 is 1. The predicted octanol–water partition coefficient (Wildman–Crippen LogP) is 3.51. The van der Waals surface area contributed by atoms with Gasteiger partial charge in [-0.25, -0.2) is 4.98 Å². The first-order valence-corrected chi connectivity index (χ1v) is 9.03. The molecule has 0 radical (unpaired) electrons. The van der Waals surface area contributed by atoms with E-state index in [4.69, 9.17) is 16.3 Å². The molecule has 1 fully saturated rings. The lowest BCUT2D eigenvalue weighted by Gasteiger charge is -2.33. The van der Waals surface area contributed by atoms with E-state index in [9.17, 15) is 4.79 Å². The third-order valence-corrected chi connectivity index (χ3v) is 5.01. The summed E-state index contributed by atoms with van der Waals surface area (Å²) in [5, 5.41) is 0.658. The first kappa shape index (κ1) is 18.0. The largest absolute Gasteiger partial charge is 0.383 e. The fraction of sp³-hybridized carbons (Fsp3) is 0.474. The van der Waals surface area contributed by atoms with Crippen molar-refractivity contribution in [2.24, 2.45) is 0 Å². The number of likely N-dealkylation sites (tertiary alicyclic amines) is 1. The van der Waals surface area contributed by atoms with Crippen molar-refractivity contribution < 1.29 is 9.53 Å². The molecule has 134 valence electrons. The van der Waals surface area contributed by atoms with Crippen molar-refractivity contribution in [2.75, 3.05) is 26.8 Å². The van der Waals surface area contributed by atoms with Crippen LogP contribution in [0.25, 0.3) is 0 Å². The molecule has 2 heterocycles. The van der Waals surface area contributed by atoms with Crippen LogP contribution in [-0.4, -0.2) is 47.2 Å². The minimum absolute atomic E-state index is 0.0777. The quantitative estimate of drug-likeness (QED) is 0.818. The molecule has 1 atom stereocenters. The van der Waals surface area contributed by atoms with Crippen LogP contribution in [0.15, 0.2) is 30.6 Å². The van der Waals surface area contributed by atoms with E-state index >= 15 is 0 Å². The average molecular weight is 362 g/mol. The molecule has 0 saturated carbocycles. The van der Waals surface area contributed by atoms with E-state index in [-0.39, 0.29) is 11.8 Å².